The third kappa shape index (κ3) is 11.2. The number of nitrogens with zero attached hydrogens (tertiary/aromatic N) is 3. The number of halogens is 1. The second-order valence-electron chi connectivity index (χ2n) is 12.2. The van der Waals surface area contributed by atoms with Crippen LogP contribution in [0.15, 0.2) is 81.7 Å². The minimum absolute atomic E-state index is 0.0511. The number of fused-ring (bicyclic) bond motifs is 3. The molecule has 0 saturated carbocycles. The van der Waals surface area contributed by atoms with Crippen LogP contribution in [0.4, 0.5) is 10.5 Å². The first-order chi connectivity index (χ1) is 23.4. The topological polar surface area (TPSA) is 173 Å². The van der Waals surface area contributed by atoms with Gasteiger partial charge in [-0.25, -0.2) is 19.6 Å². The highest BCUT2D eigenvalue weighted by Crippen LogP contribution is 2.26. The Balaban J connectivity index is 1.54. The van der Waals surface area contributed by atoms with Crippen LogP contribution >= 0.6 is 15.9 Å². The van der Waals surface area contributed by atoms with E-state index in [1.165, 1.54) is 23.4 Å². The van der Waals surface area contributed by atoms with E-state index < -0.39 is 48.1 Å². The second-order valence-corrected chi connectivity index (χ2v) is 13.0. The van der Waals surface area contributed by atoms with E-state index in [-0.39, 0.29) is 43.5 Å². The van der Waals surface area contributed by atoms with Crippen LogP contribution in [0.25, 0.3) is 0 Å². The van der Waals surface area contributed by atoms with Crippen molar-refractivity contribution in [2.75, 3.05) is 25.0 Å². The molecule has 5 atom stereocenters. The van der Waals surface area contributed by atoms with Crippen LogP contribution in [-0.4, -0.2) is 81.8 Å². The minimum Gasteiger partial charge on any atom is -0.460 e. The Labute approximate surface area is 293 Å². The van der Waals surface area contributed by atoms with E-state index in [0.29, 0.717) is 35.3 Å². The van der Waals surface area contributed by atoms with E-state index in [9.17, 15) is 24.3 Å². The summed E-state index contributed by atoms with van der Waals surface area (Å²) < 4.78 is 17.6. The van der Waals surface area contributed by atoms with Crippen LogP contribution < -0.4 is 10.6 Å². The number of esters is 1. The van der Waals surface area contributed by atoms with Crippen molar-refractivity contribution in [3.63, 3.8) is 0 Å². The summed E-state index contributed by atoms with van der Waals surface area (Å²) in [5.74, 6) is -2.15. The van der Waals surface area contributed by atoms with Crippen LogP contribution in [0.3, 0.4) is 0 Å². The fourth-order valence-corrected chi connectivity index (χ4v) is 5.96. The van der Waals surface area contributed by atoms with Gasteiger partial charge in [-0.15, -0.1) is 0 Å². The number of ether oxygens (including phenoxy) is 2. The number of hydrogen-bond acceptors (Lipinski definition) is 10. The third-order valence-electron chi connectivity index (χ3n) is 8.02. The first kappa shape index (κ1) is 37.3. The predicted octanol–water partition coefficient (Wildman–Crippen LogP) is 4.91. The molecule has 2 bridgehead atoms. The summed E-state index contributed by atoms with van der Waals surface area (Å²) in [5, 5.41) is 15.9. The monoisotopic (exact) mass is 739 g/mol. The molecule has 0 aromatic carbocycles. The first-order valence-electron chi connectivity index (χ1n) is 16.1. The average Bonchev–Trinajstić information content (AvgIpc) is 3.73. The van der Waals surface area contributed by atoms with Crippen molar-refractivity contribution in [2.24, 2.45) is 11.8 Å². The number of aromatic nitrogens is 2. The number of anilines is 1. The van der Waals surface area contributed by atoms with Gasteiger partial charge in [0, 0.05) is 43.2 Å². The molecule has 13 nitrogen and oxygen atoms in total. The Hall–Kier alpha value is -4.56. The van der Waals surface area contributed by atoms with Crippen LogP contribution in [0, 0.1) is 11.8 Å². The van der Waals surface area contributed by atoms with E-state index in [1.54, 1.807) is 50.3 Å². The Kier molecular flexibility index (Phi) is 13.5. The fourth-order valence-electron chi connectivity index (χ4n) is 5.59. The minimum atomic E-state index is -0.871. The normalized spacial score (nSPS) is 26.0. The van der Waals surface area contributed by atoms with Gasteiger partial charge < -0.3 is 29.2 Å². The third-order valence-corrected chi connectivity index (χ3v) is 8.45. The molecule has 2 aliphatic rings. The molecule has 0 aliphatic carbocycles. The van der Waals surface area contributed by atoms with Crippen LogP contribution in [0.2, 0.25) is 0 Å². The number of rotatable bonds is 4. The highest BCUT2D eigenvalue weighted by atomic mass is 79.9. The van der Waals surface area contributed by atoms with Gasteiger partial charge in [-0.1, -0.05) is 55.9 Å². The van der Waals surface area contributed by atoms with Crippen molar-refractivity contribution in [1.82, 2.24) is 20.2 Å². The van der Waals surface area contributed by atoms with Gasteiger partial charge in [0.15, 0.2) is 11.6 Å². The molecule has 2 aromatic heterocycles. The number of oxazole rings is 1. The van der Waals surface area contributed by atoms with Crippen molar-refractivity contribution in [2.45, 2.75) is 64.7 Å². The van der Waals surface area contributed by atoms with Gasteiger partial charge in [0.2, 0.25) is 5.91 Å². The van der Waals surface area contributed by atoms with E-state index in [4.69, 9.17) is 13.9 Å². The average molecular weight is 741 g/mol. The van der Waals surface area contributed by atoms with Gasteiger partial charge in [-0.3, -0.25) is 14.9 Å². The van der Waals surface area contributed by atoms with Gasteiger partial charge in [0.1, 0.15) is 23.0 Å². The number of pyridine rings is 1. The molecule has 49 heavy (non-hydrogen) atoms. The molecule has 4 rings (SSSR count). The predicted molar refractivity (Wildman–Crippen MR) is 184 cm³/mol. The van der Waals surface area contributed by atoms with E-state index >= 15 is 0 Å². The zero-order valence-electron chi connectivity index (χ0n) is 27.8. The Morgan fingerprint density at radius 3 is 2.88 bits per heavy atom. The summed E-state index contributed by atoms with van der Waals surface area (Å²) in [6.45, 7) is 9.87. The van der Waals surface area contributed by atoms with Crippen molar-refractivity contribution in [3.8, 4) is 0 Å². The molecule has 0 radical (unpaired) electrons. The fraction of sp³-hybridized carbons (Fsp3) is 0.429. The van der Waals surface area contributed by atoms with Gasteiger partial charge in [-0.05, 0) is 60.3 Å². The molecular formula is C35H42BrN5O8. The molecule has 262 valence electrons. The molecule has 1 fully saturated rings. The standard InChI is InChI=1S/C35H42BrN5O8/c1-21-7-5-12-38-30(43)10-9-23(3)32(24(4)19-48-35(46)39-25-11-13-37-29(36)18-25)49-34(45)28-8-6-14-41(28)33(44)27-20-47-31(40-27)17-22(2)16-26(42)15-21/h5,7,9-11,13,15,18,20,23-24,26,28,32,42H,2,6,8,12,14,16-17,19H2,1,3-4H3,(H,38,43)(H,37,39,46)/b7-5+,10-9+,21-15+. The van der Waals surface area contributed by atoms with Gasteiger partial charge in [-0.2, -0.15) is 0 Å². The number of carbonyl (C=O) groups is 4. The van der Waals surface area contributed by atoms with E-state index in [2.05, 4.69) is 43.1 Å². The summed E-state index contributed by atoms with van der Waals surface area (Å²) in [6.07, 6.45) is 10.1. The quantitative estimate of drug-likeness (QED) is 0.222. The first-order valence-corrected chi connectivity index (χ1v) is 16.9. The van der Waals surface area contributed by atoms with Crippen molar-refractivity contribution >= 4 is 45.5 Å². The highest BCUT2D eigenvalue weighted by molar-refractivity contribution is 9.10. The van der Waals surface area contributed by atoms with E-state index in [0.717, 1.165) is 5.57 Å². The number of aliphatic hydroxyl groups is 1. The van der Waals surface area contributed by atoms with Crippen LogP contribution in [0.5, 0.6) is 0 Å². The molecular weight excluding hydrogens is 698 g/mol. The number of aliphatic hydroxyl groups excluding tert-OH is 1. The molecule has 2 aromatic rings. The highest BCUT2D eigenvalue weighted by Gasteiger charge is 2.39. The van der Waals surface area contributed by atoms with Crippen LogP contribution in [-0.2, 0) is 25.5 Å². The Bertz CT molecular complexity index is 1620. The summed E-state index contributed by atoms with van der Waals surface area (Å²) >= 11 is 3.25. The maximum atomic E-state index is 13.7. The summed E-state index contributed by atoms with van der Waals surface area (Å²) in [7, 11) is 0. The zero-order chi connectivity index (χ0) is 35.5. The Morgan fingerprint density at radius 1 is 1.31 bits per heavy atom. The van der Waals surface area contributed by atoms with Crippen molar-refractivity contribution in [1.29, 1.82) is 0 Å². The summed E-state index contributed by atoms with van der Waals surface area (Å²) in [5.41, 5.74) is 1.98. The molecule has 2 aliphatic heterocycles. The molecule has 14 heteroatoms. The molecule has 5 unspecified atom stereocenters. The molecule has 0 spiro atoms. The number of nitrogens with one attached hydrogen (secondary N) is 2. The van der Waals surface area contributed by atoms with E-state index in [1.807, 2.05) is 6.92 Å². The lowest BCUT2D eigenvalue weighted by Gasteiger charge is -2.30. The maximum Gasteiger partial charge on any atom is 0.411 e. The molecule has 3 N–H and O–H groups in total. The lowest BCUT2D eigenvalue weighted by Crippen LogP contribution is -2.44. The number of carbonyl (C=O) groups excluding carboxylic acids is 4. The van der Waals surface area contributed by atoms with Crippen molar-refractivity contribution < 1.29 is 38.2 Å². The Morgan fingerprint density at radius 2 is 2.10 bits per heavy atom. The van der Waals surface area contributed by atoms with Gasteiger partial charge in [0.05, 0.1) is 12.7 Å². The SMILES string of the molecule is C=C1Cc2nc(co2)C(=O)N2CCCC2C(=O)OC(C(C)COC(=O)Nc2ccnc(Br)c2)C(C)/C=C/C(=O)NC/C=C/C(C)=C/C(O)C1. The number of cyclic esters (lactones) is 1. The number of hydrogen-bond donors (Lipinski definition) is 3. The van der Waals surface area contributed by atoms with Crippen LogP contribution in [0.1, 0.15) is 56.4 Å². The van der Waals surface area contributed by atoms with Gasteiger partial charge >= 0.3 is 12.1 Å². The zero-order valence-corrected chi connectivity index (χ0v) is 29.4. The van der Waals surface area contributed by atoms with Crippen molar-refractivity contribution in [3.05, 3.63) is 88.9 Å². The summed E-state index contributed by atoms with van der Waals surface area (Å²) in [4.78, 5) is 62.2. The molecule has 3 amide bonds. The summed E-state index contributed by atoms with van der Waals surface area (Å²) in [6, 6.07) is 2.36. The molecule has 1 saturated heterocycles. The second kappa shape index (κ2) is 17.7. The lowest BCUT2D eigenvalue weighted by atomic mass is 9.93. The lowest BCUT2D eigenvalue weighted by molar-refractivity contribution is -0.159. The molecule has 4 heterocycles. The number of allylic oxidation sites excluding steroid dienone is 2. The van der Waals surface area contributed by atoms with Gasteiger partial charge in [0.25, 0.3) is 5.91 Å². The largest absolute Gasteiger partial charge is 0.460 e. The smallest absolute Gasteiger partial charge is 0.411 e. The maximum absolute atomic E-state index is 13.7. The number of amides is 3.